The summed E-state index contributed by atoms with van der Waals surface area (Å²) >= 11 is 0. The molecule has 0 saturated carbocycles. The Labute approximate surface area is 165 Å². The van der Waals surface area contributed by atoms with Crippen molar-refractivity contribution in [3.8, 4) is 11.5 Å². The lowest BCUT2D eigenvalue weighted by Crippen LogP contribution is -2.21. The van der Waals surface area contributed by atoms with Gasteiger partial charge in [0.15, 0.2) is 23.9 Å². The fourth-order valence-corrected chi connectivity index (χ4v) is 2.73. The molecule has 0 amide bonds. The van der Waals surface area contributed by atoms with Crippen molar-refractivity contribution in [1.82, 2.24) is 0 Å². The second-order valence-electron chi connectivity index (χ2n) is 6.01. The number of benzene rings is 2. The van der Waals surface area contributed by atoms with E-state index in [-0.39, 0.29) is 11.5 Å². The maximum Gasteiger partial charge on any atom is 0.341 e. The van der Waals surface area contributed by atoms with E-state index in [2.05, 4.69) is 18.7 Å². The van der Waals surface area contributed by atoms with Gasteiger partial charge in [0.25, 0.3) is 0 Å². The number of ketones is 1. The molecule has 0 unspecified atom stereocenters. The summed E-state index contributed by atoms with van der Waals surface area (Å²) in [4.78, 5) is 25.3. The molecule has 0 spiro atoms. The molecule has 2 rings (SSSR count). The largest absolute Gasteiger partial charge is 0.493 e. The van der Waals surface area contributed by atoms with Crippen LogP contribution in [0.1, 0.15) is 29.8 Å². The molecule has 6 nitrogen and oxygen atoms in total. The molecule has 28 heavy (non-hydrogen) atoms. The molecule has 2 aromatic carbocycles. The van der Waals surface area contributed by atoms with Crippen LogP contribution >= 0.6 is 0 Å². The van der Waals surface area contributed by atoms with Gasteiger partial charge in [-0.25, -0.2) is 4.79 Å². The third-order valence-electron chi connectivity index (χ3n) is 4.25. The zero-order chi connectivity index (χ0) is 20.5. The molecule has 2 aromatic rings. The summed E-state index contributed by atoms with van der Waals surface area (Å²) in [5, 5.41) is 8.70. The predicted octanol–water partition coefficient (Wildman–Crippen LogP) is 3.90. The van der Waals surface area contributed by atoms with Crippen molar-refractivity contribution in [2.45, 2.75) is 13.8 Å². The fourth-order valence-electron chi connectivity index (χ4n) is 2.73. The van der Waals surface area contributed by atoms with Crippen molar-refractivity contribution in [2.24, 2.45) is 0 Å². The van der Waals surface area contributed by atoms with E-state index < -0.39 is 12.6 Å². The molecule has 0 heterocycles. The van der Waals surface area contributed by atoms with Gasteiger partial charge in [-0.2, -0.15) is 0 Å². The molecule has 0 aliphatic rings. The summed E-state index contributed by atoms with van der Waals surface area (Å²) in [6.45, 7) is 5.63. The third-order valence-corrected chi connectivity index (χ3v) is 4.25. The highest BCUT2D eigenvalue weighted by atomic mass is 16.5. The van der Waals surface area contributed by atoms with E-state index in [9.17, 15) is 9.59 Å². The van der Waals surface area contributed by atoms with Crippen LogP contribution in [0.3, 0.4) is 0 Å². The van der Waals surface area contributed by atoms with Crippen LogP contribution in [0.4, 0.5) is 5.69 Å². The number of anilines is 1. The minimum atomic E-state index is -1.09. The number of ether oxygens (including phenoxy) is 2. The average Bonchev–Trinajstić information content (AvgIpc) is 2.72. The molecule has 0 radical (unpaired) electrons. The molecule has 1 N–H and O–H groups in total. The topological polar surface area (TPSA) is 76.1 Å². The number of hydrogen-bond donors (Lipinski definition) is 1. The number of rotatable bonds is 10. The van der Waals surface area contributed by atoms with Crippen LogP contribution in [0.25, 0.3) is 6.08 Å². The Kier molecular flexibility index (Phi) is 7.63. The molecule has 0 bridgehead atoms. The SMILES string of the molecule is CCN(CC)c1ccc(/C=C/C(=O)c2ccc(OCC(=O)O)c(OC)c2)cc1. The van der Waals surface area contributed by atoms with Gasteiger partial charge >= 0.3 is 5.97 Å². The number of allylic oxidation sites excluding steroid dienone is 1. The Hall–Kier alpha value is -3.28. The second-order valence-corrected chi connectivity index (χ2v) is 6.01. The summed E-state index contributed by atoms with van der Waals surface area (Å²) in [7, 11) is 1.44. The summed E-state index contributed by atoms with van der Waals surface area (Å²) < 4.78 is 10.3. The van der Waals surface area contributed by atoms with Crippen LogP contribution in [0.15, 0.2) is 48.5 Å². The summed E-state index contributed by atoms with van der Waals surface area (Å²) in [5.74, 6) is -0.686. The fraction of sp³-hybridized carbons (Fsp3) is 0.273. The highest BCUT2D eigenvalue weighted by Gasteiger charge is 2.11. The smallest absolute Gasteiger partial charge is 0.341 e. The highest BCUT2D eigenvalue weighted by Crippen LogP contribution is 2.28. The maximum atomic E-state index is 12.4. The summed E-state index contributed by atoms with van der Waals surface area (Å²) in [5.41, 5.74) is 2.50. The number of carbonyl (C=O) groups excluding carboxylic acids is 1. The Morgan fingerprint density at radius 1 is 1.04 bits per heavy atom. The van der Waals surface area contributed by atoms with Gasteiger partial charge in [0.1, 0.15) is 0 Å². The van der Waals surface area contributed by atoms with Crippen molar-refractivity contribution in [2.75, 3.05) is 31.7 Å². The molecule has 0 aromatic heterocycles. The Bertz CT molecular complexity index is 839. The maximum absolute atomic E-state index is 12.4. The number of carbonyl (C=O) groups is 2. The van der Waals surface area contributed by atoms with Crippen LogP contribution in [0.2, 0.25) is 0 Å². The van der Waals surface area contributed by atoms with E-state index in [1.165, 1.54) is 25.3 Å². The zero-order valence-corrected chi connectivity index (χ0v) is 16.3. The molecule has 0 fully saturated rings. The first-order valence-electron chi connectivity index (χ1n) is 9.08. The lowest BCUT2D eigenvalue weighted by atomic mass is 10.1. The monoisotopic (exact) mass is 383 g/mol. The van der Waals surface area contributed by atoms with E-state index in [1.807, 2.05) is 24.3 Å². The number of methoxy groups -OCH3 is 1. The van der Waals surface area contributed by atoms with Gasteiger partial charge in [0, 0.05) is 24.3 Å². The van der Waals surface area contributed by atoms with Gasteiger partial charge in [-0.05, 0) is 55.8 Å². The standard InChI is InChI=1S/C22H25NO5/c1-4-23(5-2)18-10-6-16(7-11-18)8-12-19(24)17-9-13-20(21(14-17)27-3)28-15-22(25)26/h6-14H,4-5,15H2,1-3H3,(H,25,26)/b12-8+. The Morgan fingerprint density at radius 3 is 2.29 bits per heavy atom. The van der Waals surface area contributed by atoms with Gasteiger partial charge in [-0.15, -0.1) is 0 Å². The van der Waals surface area contributed by atoms with Crippen LogP contribution < -0.4 is 14.4 Å². The Morgan fingerprint density at radius 2 is 1.71 bits per heavy atom. The number of hydrogen-bond acceptors (Lipinski definition) is 5. The van der Waals surface area contributed by atoms with Crippen molar-refractivity contribution < 1.29 is 24.2 Å². The highest BCUT2D eigenvalue weighted by molar-refractivity contribution is 6.07. The minimum Gasteiger partial charge on any atom is -0.493 e. The van der Waals surface area contributed by atoms with Gasteiger partial charge in [-0.3, -0.25) is 4.79 Å². The van der Waals surface area contributed by atoms with Crippen molar-refractivity contribution in [1.29, 1.82) is 0 Å². The quantitative estimate of drug-likeness (QED) is 0.495. The van der Waals surface area contributed by atoms with Crippen LogP contribution in [0.5, 0.6) is 11.5 Å². The number of carboxylic acid groups (broad SMARTS) is 1. The summed E-state index contributed by atoms with van der Waals surface area (Å²) in [6, 6.07) is 12.7. The second kappa shape index (κ2) is 10.2. The van der Waals surface area contributed by atoms with Gasteiger partial charge in [-0.1, -0.05) is 18.2 Å². The number of aliphatic carboxylic acids is 1. The normalized spacial score (nSPS) is 10.7. The van der Waals surface area contributed by atoms with E-state index in [1.54, 1.807) is 12.1 Å². The molecule has 0 aliphatic heterocycles. The molecule has 0 atom stereocenters. The van der Waals surface area contributed by atoms with Gasteiger partial charge < -0.3 is 19.5 Å². The van der Waals surface area contributed by atoms with Gasteiger partial charge in [0.05, 0.1) is 7.11 Å². The Balaban J connectivity index is 2.10. The van der Waals surface area contributed by atoms with Crippen LogP contribution in [0, 0.1) is 0 Å². The molecule has 0 aliphatic carbocycles. The van der Waals surface area contributed by atoms with Gasteiger partial charge in [0.2, 0.25) is 0 Å². The first kappa shape index (κ1) is 21.0. The summed E-state index contributed by atoms with van der Waals surface area (Å²) in [6.07, 6.45) is 3.26. The molecule has 0 saturated heterocycles. The molecule has 148 valence electrons. The number of carboxylic acids is 1. The average molecular weight is 383 g/mol. The lowest BCUT2D eigenvalue weighted by Gasteiger charge is -2.20. The van der Waals surface area contributed by atoms with E-state index in [4.69, 9.17) is 14.6 Å². The van der Waals surface area contributed by atoms with Crippen molar-refractivity contribution >= 4 is 23.5 Å². The van der Waals surface area contributed by atoms with Crippen molar-refractivity contribution in [3.05, 3.63) is 59.7 Å². The first-order valence-corrected chi connectivity index (χ1v) is 9.08. The third kappa shape index (κ3) is 5.61. The van der Waals surface area contributed by atoms with E-state index in [0.717, 1.165) is 24.3 Å². The first-order chi connectivity index (χ1) is 13.5. The molecular weight excluding hydrogens is 358 g/mol. The van der Waals surface area contributed by atoms with Crippen LogP contribution in [-0.2, 0) is 4.79 Å². The number of nitrogens with zero attached hydrogens (tertiary/aromatic N) is 1. The van der Waals surface area contributed by atoms with E-state index >= 15 is 0 Å². The minimum absolute atomic E-state index is 0.184. The predicted molar refractivity (Wildman–Crippen MR) is 109 cm³/mol. The zero-order valence-electron chi connectivity index (χ0n) is 16.3. The van der Waals surface area contributed by atoms with E-state index in [0.29, 0.717) is 11.3 Å². The lowest BCUT2D eigenvalue weighted by molar-refractivity contribution is -0.139. The van der Waals surface area contributed by atoms with Crippen molar-refractivity contribution in [3.63, 3.8) is 0 Å². The van der Waals surface area contributed by atoms with Crippen LogP contribution in [-0.4, -0.2) is 43.7 Å². The molecule has 6 heteroatoms. The molecular formula is C22H25NO5.